The molecule has 5 atom stereocenters. The van der Waals surface area contributed by atoms with Crippen LogP contribution in [0.1, 0.15) is 39.0 Å². The van der Waals surface area contributed by atoms with Crippen molar-refractivity contribution in [2.75, 3.05) is 13.7 Å². The van der Waals surface area contributed by atoms with Crippen molar-refractivity contribution in [3.63, 3.8) is 0 Å². The summed E-state index contributed by atoms with van der Waals surface area (Å²) in [6.45, 7) is 6.29. The molecule has 4 heteroatoms. The third-order valence-corrected chi connectivity index (χ3v) is 7.00. The van der Waals surface area contributed by atoms with E-state index in [1.807, 2.05) is 0 Å². The van der Waals surface area contributed by atoms with Crippen molar-refractivity contribution < 1.29 is 19.7 Å². The quantitative estimate of drug-likeness (QED) is 0.472. The van der Waals surface area contributed by atoms with Gasteiger partial charge in [-0.15, -0.1) is 0 Å². The van der Waals surface area contributed by atoms with E-state index >= 15 is 0 Å². The topological polar surface area (TPSA) is 66.8 Å². The number of carbonyl (C=O) groups is 1. The Morgan fingerprint density at radius 3 is 2.52 bits per heavy atom. The molecule has 0 heterocycles. The molecule has 118 valence electrons. The van der Waals surface area contributed by atoms with E-state index in [-0.39, 0.29) is 18.4 Å². The fraction of sp³-hybridized carbons (Fsp3) is 0.824. The van der Waals surface area contributed by atoms with E-state index < -0.39 is 16.6 Å². The Hall–Kier alpha value is -0.710. The number of aldehydes is 1. The molecule has 2 N–H and O–H groups in total. The van der Waals surface area contributed by atoms with Gasteiger partial charge < -0.3 is 19.7 Å². The first-order valence-electron chi connectivity index (χ1n) is 7.97. The van der Waals surface area contributed by atoms with Crippen molar-refractivity contribution in [3.05, 3.63) is 12.2 Å². The lowest BCUT2D eigenvalue weighted by atomic mass is 9.54. The molecule has 3 saturated carbocycles. The zero-order valence-electron chi connectivity index (χ0n) is 13.0. The summed E-state index contributed by atoms with van der Waals surface area (Å²) in [5, 5.41) is 20.8. The van der Waals surface area contributed by atoms with E-state index in [1.165, 1.54) is 20.0 Å². The first-order chi connectivity index (χ1) is 9.93. The Kier molecular flexibility index (Phi) is 3.36. The molecule has 3 aliphatic rings. The van der Waals surface area contributed by atoms with Crippen LogP contribution in [0.25, 0.3) is 0 Å². The molecule has 0 unspecified atom stereocenters. The Labute approximate surface area is 126 Å². The number of aliphatic hydroxyl groups is 2. The first kappa shape index (κ1) is 15.2. The number of methoxy groups -OCH3 is 1. The van der Waals surface area contributed by atoms with Gasteiger partial charge in [0.15, 0.2) is 5.79 Å². The number of aliphatic hydroxyl groups excluding tert-OH is 1. The SMILES string of the molecule is C=C1[C@H]2[C@@H](CO)C[C@@](C=O)([C@]1(C)C1CCCC1)[C@@]2(O)OC. The minimum Gasteiger partial charge on any atom is -0.396 e. The highest BCUT2D eigenvalue weighted by Gasteiger charge is 2.79. The molecular formula is C17H26O4. The number of rotatable bonds is 4. The molecule has 0 aliphatic heterocycles. The van der Waals surface area contributed by atoms with Gasteiger partial charge in [0, 0.05) is 25.0 Å². The highest BCUT2D eigenvalue weighted by atomic mass is 16.6. The summed E-state index contributed by atoms with van der Waals surface area (Å²) in [4.78, 5) is 12.2. The van der Waals surface area contributed by atoms with Crippen LogP contribution in [0.4, 0.5) is 0 Å². The minimum absolute atomic E-state index is 0.0499. The molecule has 3 rings (SSSR count). The van der Waals surface area contributed by atoms with E-state index in [1.54, 1.807) is 0 Å². The highest BCUT2D eigenvalue weighted by Crippen LogP contribution is 2.75. The molecule has 3 aliphatic carbocycles. The van der Waals surface area contributed by atoms with Crippen molar-refractivity contribution in [1.82, 2.24) is 0 Å². The largest absolute Gasteiger partial charge is 0.396 e. The summed E-state index contributed by atoms with van der Waals surface area (Å²) >= 11 is 0. The second-order valence-corrected chi connectivity index (χ2v) is 7.32. The van der Waals surface area contributed by atoms with Crippen LogP contribution >= 0.6 is 0 Å². The van der Waals surface area contributed by atoms with Crippen molar-refractivity contribution in [1.29, 1.82) is 0 Å². The predicted molar refractivity (Wildman–Crippen MR) is 78.3 cm³/mol. The number of carbonyl (C=O) groups excluding carboxylic acids is 1. The zero-order chi connectivity index (χ0) is 15.5. The average molecular weight is 294 g/mol. The van der Waals surface area contributed by atoms with Gasteiger partial charge in [0.25, 0.3) is 0 Å². The Balaban J connectivity index is 2.16. The van der Waals surface area contributed by atoms with Gasteiger partial charge in [-0.05, 0) is 31.1 Å². The molecule has 0 radical (unpaired) electrons. The molecule has 0 spiro atoms. The summed E-state index contributed by atoms with van der Waals surface area (Å²) in [6.07, 6.45) is 5.86. The monoisotopic (exact) mass is 294 g/mol. The van der Waals surface area contributed by atoms with E-state index in [9.17, 15) is 15.0 Å². The molecule has 0 aromatic rings. The molecule has 3 fully saturated rings. The molecule has 0 aromatic carbocycles. The van der Waals surface area contributed by atoms with Crippen molar-refractivity contribution in [2.45, 2.75) is 44.8 Å². The number of hydrogen-bond acceptors (Lipinski definition) is 4. The Morgan fingerprint density at radius 2 is 2.05 bits per heavy atom. The van der Waals surface area contributed by atoms with Crippen LogP contribution in [-0.4, -0.2) is 36.0 Å². The molecule has 0 saturated heterocycles. The molecule has 21 heavy (non-hydrogen) atoms. The lowest BCUT2D eigenvalue weighted by Gasteiger charge is -2.49. The van der Waals surface area contributed by atoms with Gasteiger partial charge in [0.1, 0.15) is 6.29 Å². The maximum atomic E-state index is 12.2. The van der Waals surface area contributed by atoms with E-state index in [0.29, 0.717) is 12.3 Å². The maximum absolute atomic E-state index is 12.2. The summed E-state index contributed by atoms with van der Waals surface area (Å²) in [5.41, 5.74) is -0.526. The average Bonchev–Trinajstić information content (AvgIpc) is 3.13. The molecule has 2 bridgehead atoms. The number of ether oxygens (including phenoxy) is 1. The van der Waals surface area contributed by atoms with Crippen LogP contribution in [0.15, 0.2) is 12.2 Å². The van der Waals surface area contributed by atoms with E-state index in [4.69, 9.17) is 4.74 Å². The Bertz CT molecular complexity index is 469. The molecule has 0 amide bonds. The van der Waals surface area contributed by atoms with Gasteiger partial charge in [-0.25, -0.2) is 0 Å². The third-order valence-electron chi connectivity index (χ3n) is 7.00. The predicted octanol–water partition coefficient (Wildman–Crippen LogP) is 1.90. The van der Waals surface area contributed by atoms with Crippen molar-refractivity contribution >= 4 is 6.29 Å². The lowest BCUT2D eigenvalue weighted by molar-refractivity contribution is -0.253. The first-order valence-corrected chi connectivity index (χ1v) is 7.97. The minimum atomic E-state index is -1.53. The second-order valence-electron chi connectivity index (χ2n) is 7.32. The van der Waals surface area contributed by atoms with Crippen LogP contribution in [0, 0.1) is 28.6 Å². The lowest BCUT2D eigenvalue weighted by Crippen LogP contribution is -2.54. The fourth-order valence-electron chi connectivity index (χ4n) is 5.85. The fourth-order valence-corrected chi connectivity index (χ4v) is 5.85. The van der Waals surface area contributed by atoms with Crippen LogP contribution < -0.4 is 0 Å². The van der Waals surface area contributed by atoms with Gasteiger partial charge in [-0.3, -0.25) is 0 Å². The van der Waals surface area contributed by atoms with Crippen molar-refractivity contribution in [3.8, 4) is 0 Å². The van der Waals surface area contributed by atoms with Gasteiger partial charge >= 0.3 is 0 Å². The highest BCUT2D eigenvalue weighted by molar-refractivity contribution is 5.69. The van der Waals surface area contributed by atoms with Crippen LogP contribution in [0.5, 0.6) is 0 Å². The molecule has 4 nitrogen and oxygen atoms in total. The van der Waals surface area contributed by atoms with Crippen LogP contribution in [0.2, 0.25) is 0 Å². The van der Waals surface area contributed by atoms with Gasteiger partial charge in [-0.1, -0.05) is 31.9 Å². The Morgan fingerprint density at radius 1 is 1.43 bits per heavy atom. The summed E-state index contributed by atoms with van der Waals surface area (Å²) in [6, 6.07) is 0. The molecule has 0 aromatic heterocycles. The van der Waals surface area contributed by atoms with Crippen molar-refractivity contribution in [2.24, 2.45) is 28.6 Å². The third kappa shape index (κ3) is 1.44. The standard InChI is InChI=1S/C17H26O4/c1-11-14-12(9-18)8-16(10-19,17(14,20)21-3)15(11,2)13-6-4-5-7-13/h10,12-14,18,20H,1,4-9H2,2-3H3/t12-,14+,15+,16-,17+/m1/s1. The van der Waals surface area contributed by atoms with Gasteiger partial charge in [0.2, 0.25) is 0 Å². The smallest absolute Gasteiger partial charge is 0.185 e. The van der Waals surface area contributed by atoms with Gasteiger partial charge in [-0.2, -0.15) is 0 Å². The summed E-state index contributed by atoms with van der Waals surface area (Å²) in [7, 11) is 1.46. The summed E-state index contributed by atoms with van der Waals surface area (Å²) in [5.74, 6) is -1.68. The number of hydrogen-bond donors (Lipinski definition) is 2. The van der Waals surface area contributed by atoms with Crippen LogP contribution in [-0.2, 0) is 9.53 Å². The maximum Gasteiger partial charge on any atom is 0.185 e. The number of fused-ring (bicyclic) bond motifs is 2. The van der Waals surface area contributed by atoms with Gasteiger partial charge in [0.05, 0.1) is 5.41 Å². The van der Waals surface area contributed by atoms with E-state index in [2.05, 4.69) is 13.5 Å². The zero-order valence-corrected chi connectivity index (χ0v) is 13.0. The van der Waals surface area contributed by atoms with Crippen LogP contribution in [0.3, 0.4) is 0 Å². The van der Waals surface area contributed by atoms with E-state index in [0.717, 1.165) is 24.7 Å². The summed E-state index contributed by atoms with van der Waals surface area (Å²) < 4.78 is 5.49. The molecular weight excluding hydrogens is 268 g/mol. The normalized spacial score (nSPS) is 50.0. The second kappa shape index (κ2) is 4.64.